The van der Waals surface area contributed by atoms with Gasteiger partial charge in [-0.05, 0) is 0 Å². The number of aliphatic carboxylic acids is 1. The van der Waals surface area contributed by atoms with E-state index in [4.69, 9.17) is 10.5 Å². The minimum absolute atomic E-state index is 0.153. The van der Waals surface area contributed by atoms with Crippen LogP contribution in [0.25, 0.3) is 0 Å². The van der Waals surface area contributed by atoms with E-state index in [1.165, 1.54) is 11.8 Å². The Morgan fingerprint density at radius 2 is 2.11 bits per heavy atom. The quantitative estimate of drug-likeness (QED) is 0.140. The number of amides is 1. The number of carbonyl (C=O) groups is 2. The zero-order valence-electron chi connectivity index (χ0n) is 11.0. The molecule has 0 aromatic carbocycles. The monoisotopic (exact) mass is 506 g/mol. The molecule has 0 heterocycles. The predicted octanol–water partition coefficient (Wildman–Crippen LogP) is 2.32. The van der Waals surface area contributed by atoms with Crippen molar-refractivity contribution in [3.05, 3.63) is 0 Å². The van der Waals surface area contributed by atoms with E-state index in [1.54, 1.807) is 22.9 Å². The SMILES string of the molecule is C[CH](C)[Sn][C](=N)CCCSC(CC(=O)O)C(=O)NI. The first-order valence-electron chi connectivity index (χ1n) is 5.94. The van der Waals surface area contributed by atoms with Crippen LogP contribution in [0.3, 0.4) is 0 Å². The zero-order valence-corrected chi connectivity index (χ0v) is 16.9. The van der Waals surface area contributed by atoms with E-state index in [-0.39, 0.29) is 12.3 Å². The number of halogens is 1. The molecule has 0 aromatic heterocycles. The summed E-state index contributed by atoms with van der Waals surface area (Å²) >= 11 is 2.41. The number of hydrogen-bond donors (Lipinski definition) is 3. The molecule has 0 aromatic rings. The summed E-state index contributed by atoms with van der Waals surface area (Å²) in [5.41, 5.74) is 0. The average molecular weight is 505 g/mol. The molecule has 0 aliphatic carbocycles. The van der Waals surface area contributed by atoms with Crippen LogP contribution in [0.1, 0.15) is 33.1 Å². The average Bonchev–Trinajstić information content (AvgIpc) is 2.30. The van der Waals surface area contributed by atoms with Gasteiger partial charge in [-0.25, -0.2) is 0 Å². The second kappa shape index (κ2) is 11.2. The van der Waals surface area contributed by atoms with Crippen molar-refractivity contribution in [3.8, 4) is 0 Å². The van der Waals surface area contributed by atoms with Crippen LogP contribution in [0.15, 0.2) is 0 Å². The third-order valence-corrected chi connectivity index (χ3v) is 7.29. The molecule has 108 valence electrons. The van der Waals surface area contributed by atoms with Crippen molar-refractivity contribution in [2.45, 2.75) is 42.3 Å². The summed E-state index contributed by atoms with van der Waals surface area (Å²) in [6.07, 6.45) is 1.49. The fraction of sp³-hybridized carbons (Fsp3) is 0.727. The van der Waals surface area contributed by atoms with E-state index in [0.717, 1.165) is 22.3 Å². The molecule has 0 saturated heterocycles. The van der Waals surface area contributed by atoms with Crippen molar-refractivity contribution < 1.29 is 14.7 Å². The van der Waals surface area contributed by atoms with E-state index in [0.29, 0.717) is 3.93 Å². The number of hydrogen-bond acceptors (Lipinski definition) is 4. The molecular weight excluding hydrogens is 486 g/mol. The number of thioether (sulfide) groups is 1. The van der Waals surface area contributed by atoms with Gasteiger partial charge >= 0.3 is 143 Å². The number of rotatable bonds is 10. The summed E-state index contributed by atoms with van der Waals surface area (Å²) in [4.78, 5) is 22.2. The predicted molar refractivity (Wildman–Crippen MR) is 88.5 cm³/mol. The van der Waals surface area contributed by atoms with E-state index in [2.05, 4.69) is 17.4 Å². The van der Waals surface area contributed by atoms with Crippen molar-refractivity contribution >= 4 is 71.4 Å². The summed E-state index contributed by atoms with van der Waals surface area (Å²) in [5, 5.41) is 16.0. The van der Waals surface area contributed by atoms with Crippen LogP contribution < -0.4 is 3.53 Å². The molecule has 8 heteroatoms. The van der Waals surface area contributed by atoms with E-state index >= 15 is 0 Å². The van der Waals surface area contributed by atoms with Crippen LogP contribution in [-0.2, 0) is 9.59 Å². The van der Waals surface area contributed by atoms with Crippen molar-refractivity contribution in [1.29, 1.82) is 5.41 Å². The molecule has 0 aliphatic heterocycles. The summed E-state index contributed by atoms with van der Waals surface area (Å²) in [5.74, 6) is -0.483. The summed E-state index contributed by atoms with van der Waals surface area (Å²) in [6.45, 7) is 4.31. The van der Waals surface area contributed by atoms with Gasteiger partial charge < -0.3 is 0 Å². The van der Waals surface area contributed by atoms with Gasteiger partial charge in [-0.2, -0.15) is 0 Å². The molecule has 0 rings (SSSR count). The Hall–Kier alpha value is 0.489. The second-order valence-electron chi connectivity index (χ2n) is 4.30. The molecular formula is C11H19IN2O3SSn. The molecule has 1 atom stereocenters. The first-order chi connectivity index (χ1) is 8.86. The van der Waals surface area contributed by atoms with Gasteiger partial charge in [0, 0.05) is 0 Å². The fourth-order valence-electron chi connectivity index (χ4n) is 1.34. The van der Waals surface area contributed by atoms with Crippen LogP contribution in [-0.4, -0.2) is 52.9 Å². The fourth-order valence-corrected chi connectivity index (χ4v) is 5.90. The van der Waals surface area contributed by atoms with Gasteiger partial charge in [0.05, 0.1) is 0 Å². The standard InChI is InChI=1S/C8H12IN2O3S.C3H7.Sn/c9-11-8(14)6(5-7(12)13)15-4-2-1-3-10;1-3-2;/h6,10H,1-2,4-5H2,(H,11,14)(H,12,13);3H,1-2H3;. The Morgan fingerprint density at radius 1 is 1.47 bits per heavy atom. The van der Waals surface area contributed by atoms with Crippen molar-refractivity contribution in [2.75, 3.05) is 5.75 Å². The van der Waals surface area contributed by atoms with Crippen molar-refractivity contribution in [3.63, 3.8) is 0 Å². The third-order valence-electron chi connectivity index (χ3n) is 2.10. The van der Waals surface area contributed by atoms with Gasteiger partial charge in [0.1, 0.15) is 0 Å². The second-order valence-corrected chi connectivity index (χ2v) is 12.0. The molecule has 1 unspecified atom stereocenters. The van der Waals surface area contributed by atoms with Crippen molar-refractivity contribution in [2.24, 2.45) is 0 Å². The minimum atomic E-state index is -0.959. The topological polar surface area (TPSA) is 90.2 Å². The van der Waals surface area contributed by atoms with Gasteiger partial charge in [0.2, 0.25) is 0 Å². The third kappa shape index (κ3) is 10.9. The zero-order chi connectivity index (χ0) is 14.8. The molecule has 0 fully saturated rings. The van der Waals surface area contributed by atoms with Crippen LogP contribution in [0.2, 0.25) is 3.93 Å². The molecule has 0 saturated carbocycles. The van der Waals surface area contributed by atoms with E-state index < -0.39 is 32.4 Å². The Kier molecular flexibility index (Phi) is 11.5. The molecule has 0 bridgehead atoms. The van der Waals surface area contributed by atoms with Crippen LogP contribution in [0.4, 0.5) is 0 Å². The maximum atomic E-state index is 11.5. The van der Waals surface area contributed by atoms with Gasteiger partial charge in [-0.3, -0.25) is 0 Å². The molecule has 0 spiro atoms. The van der Waals surface area contributed by atoms with E-state index in [9.17, 15) is 9.59 Å². The number of carboxylic acid groups (broad SMARTS) is 1. The van der Waals surface area contributed by atoms with Gasteiger partial charge in [0.15, 0.2) is 0 Å². The molecule has 2 radical (unpaired) electrons. The Labute approximate surface area is 142 Å². The van der Waals surface area contributed by atoms with Crippen LogP contribution in [0.5, 0.6) is 0 Å². The number of carbonyl (C=O) groups excluding carboxylic acids is 1. The molecule has 19 heavy (non-hydrogen) atoms. The first-order valence-corrected chi connectivity index (χ1v) is 11.1. The van der Waals surface area contributed by atoms with Gasteiger partial charge in [-0.1, -0.05) is 0 Å². The molecule has 5 nitrogen and oxygen atoms in total. The summed E-state index contributed by atoms with van der Waals surface area (Å²) in [7, 11) is 0. The Balaban J connectivity index is 3.96. The maximum absolute atomic E-state index is 11.5. The van der Waals surface area contributed by atoms with Crippen LogP contribution in [0, 0.1) is 5.41 Å². The molecule has 3 N–H and O–H groups in total. The van der Waals surface area contributed by atoms with Crippen molar-refractivity contribution in [1.82, 2.24) is 3.53 Å². The van der Waals surface area contributed by atoms with Crippen LogP contribution >= 0.6 is 34.6 Å². The normalized spacial score (nSPS) is 12.2. The summed E-state index contributed by atoms with van der Waals surface area (Å²) < 4.78 is 4.02. The van der Waals surface area contributed by atoms with Gasteiger partial charge in [-0.15, -0.1) is 0 Å². The van der Waals surface area contributed by atoms with Gasteiger partial charge in [0.25, 0.3) is 0 Å². The summed E-state index contributed by atoms with van der Waals surface area (Å²) in [6, 6.07) is 0. The Morgan fingerprint density at radius 3 is 2.58 bits per heavy atom. The number of carboxylic acids is 1. The molecule has 1 amide bonds. The first kappa shape index (κ1) is 19.5. The van der Waals surface area contributed by atoms with E-state index in [1.807, 2.05) is 0 Å². The Bertz CT molecular complexity index is 329. The number of nitrogens with one attached hydrogen (secondary N) is 2. The molecule has 0 aliphatic rings.